The lowest BCUT2D eigenvalue weighted by Crippen LogP contribution is -2.22. The molecule has 2 amide bonds. The van der Waals surface area contributed by atoms with E-state index in [1.54, 1.807) is 47.1 Å². The maximum Gasteiger partial charge on any atom is 0.324 e. The molecule has 0 aliphatic carbocycles. The zero-order valence-corrected chi connectivity index (χ0v) is 18.1. The standard InChI is InChI=1S/C21H22Cl2N4O2/c1-12-18(21(2,3)4)26-27(13-7-5-8-14(28)11-13)19(12)25-20(29)24-16-10-6-9-15(22)17(16)23/h5-11,28H,1-4H3,(H2,24,25,29). The second-order valence-corrected chi connectivity index (χ2v) is 8.47. The molecule has 0 saturated heterocycles. The van der Waals surface area contributed by atoms with Gasteiger partial charge in [-0.3, -0.25) is 5.32 Å². The summed E-state index contributed by atoms with van der Waals surface area (Å²) in [5.74, 6) is 0.602. The molecule has 0 atom stereocenters. The van der Waals surface area contributed by atoms with Crippen molar-refractivity contribution >= 4 is 40.7 Å². The number of carbonyl (C=O) groups excluding carboxylic acids is 1. The molecule has 0 unspecified atom stereocenters. The molecule has 2 aromatic carbocycles. The molecule has 152 valence electrons. The van der Waals surface area contributed by atoms with Gasteiger partial charge in [0.2, 0.25) is 0 Å². The normalized spacial score (nSPS) is 11.4. The number of aromatic nitrogens is 2. The highest BCUT2D eigenvalue weighted by Gasteiger charge is 2.26. The summed E-state index contributed by atoms with van der Waals surface area (Å²) in [6, 6.07) is 11.2. The average molecular weight is 433 g/mol. The molecule has 3 rings (SSSR count). The molecule has 8 heteroatoms. The fraction of sp³-hybridized carbons (Fsp3) is 0.238. The minimum absolute atomic E-state index is 0.106. The van der Waals surface area contributed by atoms with Crippen molar-refractivity contribution in [1.29, 1.82) is 0 Å². The van der Waals surface area contributed by atoms with Gasteiger partial charge in [0.15, 0.2) is 0 Å². The van der Waals surface area contributed by atoms with Gasteiger partial charge in [0.05, 0.1) is 27.1 Å². The number of anilines is 2. The molecule has 0 aliphatic heterocycles. The molecule has 0 aliphatic rings. The first-order chi connectivity index (χ1) is 13.6. The van der Waals surface area contributed by atoms with Crippen LogP contribution in [-0.2, 0) is 5.41 Å². The number of nitrogens with zero attached hydrogens (tertiary/aromatic N) is 2. The van der Waals surface area contributed by atoms with E-state index in [0.29, 0.717) is 22.2 Å². The van der Waals surface area contributed by atoms with Crippen LogP contribution in [0.1, 0.15) is 32.0 Å². The van der Waals surface area contributed by atoms with Crippen LogP contribution in [0.3, 0.4) is 0 Å². The van der Waals surface area contributed by atoms with Gasteiger partial charge in [-0.25, -0.2) is 9.48 Å². The van der Waals surface area contributed by atoms with Crippen LogP contribution in [0.4, 0.5) is 16.3 Å². The van der Waals surface area contributed by atoms with Crippen molar-refractivity contribution in [2.24, 2.45) is 0 Å². The van der Waals surface area contributed by atoms with Crippen molar-refractivity contribution in [3.05, 3.63) is 63.8 Å². The van der Waals surface area contributed by atoms with Crippen molar-refractivity contribution in [3.8, 4) is 11.4 Å². The molecule has 0 bridgehead atoms. The third-order valence-corrected chi connectivity index (χ3v) is 5.16. The number of carbonyl (C=O) groups is 1. The summed E-state index contributed by atoms with van der Waals surface area (Å²) in [7, 11) is 0. The largest absolute Gasteiger partial charge is 0.508 e. The Morgan fingerprint density at radius 3 is 2.45 bits per heavy atom. The lowest BCUT2D eigenvalue weighted by molar-refractivity contribution is 0.262. The van der Waals surface area contributed by atoms with Crippen LogP contribution in [-0.4, -0.2) is 20.9 Å². The van der Waals surface area contributed by atoms with Gasteiger partial charge < -0.3 is 10.4 Å². The van der Waals surface area contributed by atoms with Crippen LogP contribution in [0.15, 0.2) is 42.5 Å². The van der Waals surface area contributed by atoms with Crippen LogP contribution >= 0.6 is 23.2 Å². The molecule has 3 aromatic rings. The Hall–Kier alpha value is -2.70. The van der Waals surface area contributed by atoms with E-state index in [0.717, 1.165) is 11.3 Å². The summed E-state index contributed by atoms with van der Waals surface area (Å²) in [5.41, 5.74) is 2.44. The maximum absolute atomic E-state index is 12.7. The highest BCUT2D eigenvalue weighted by molar-refractivity contribution is 6.44. The highest BCUT2D eigenvalue weighted by Crippen LogP contribution is 2.33. The molecule has 6 nitrogen and oxygen atoms in total. The molecule has 0 spiro atoms. The number of benzene rings is 2. The molecule has 0 saturated carbocycles. The smallest absolute Gasteiger partial charge is 0.324 e. The average Bonchev–Trinajstić information content (AvgIpc) is 2.96. The third kappa shape index (κ3) is 4.49. The number of aromatic hydroxyl groups is 1. The topological polar surface area (TPSA) is 79.2 Å². The number of halogens is 2. The molecule has 0 fully saturated rings. The van der Waals surface area contributed by atoms with E-state index >= 15 is 0 Å². The van der Waals surface area contributed by atoms with E-state index in [2.05, 4.69) is 10.6 Å². The Kier molecular flexibility index (Phi) is 5.78. The van der Waals surface area contributed by atoms with Gasteiger partial charge in [-0.15, -0.1) is 0 Å². The number of amides is 2. The number of phenols is 1. The van der Waals surface area contributed by atoms with Gasteiger partial charge in [-0.2, -0.15) is 5.10 Å². The van der Waals surface area contributed by atoms with E-state index in [4.69, 9.17) is 28.3 Å². The first-order valence-corrected chi connectivity index (χ1v) is 9.75. The monoisotopic (exact) mass is 432 g/mol. The molecule has 0 radical (unpaired) electrons. The summed E-state index contributed by atoms with van der Waals surface area (Å²) in [6.07, 6.45) is 0. The Morgan fingerprint density at radius 1 is 1.10 bits per heavy atom. The molecule has 1 heterocycles. The van der Waals surface area contributed by atoms with Crippen LogP contribution in [0.2, 0.25) is 10.0 Å². The van der Waals surface area contributed by atoms with E-state index in [-0.39, 0.29) is 16.2 Å². The van der Waals surface area contributed by atoms with Gasteiger partial charge in [-0.05, 0) is 31.2 Å². The zero-order chi connectivity index (χ0) is 21.3. The molecule has 3 N–H and O–H groups in total. The van der Waals surface area contributed by atoms with Crippen molar-refractivity contribution in [2.45, 2.75) is 33.1 Å². The van der Waals surface area contributed by atoms with Gasteiger partial charge >= 0.3 is 6.03 Å². The SMILES string of the molecule is Cc1c(C(C)(C)C)nn(-c2cccc(O)c2)c1NC(=O)Nc1cccc(Cl)c1Cl. The number of hydrogen-bond donors (Lipinski definition) is 3. The summed E-state index contributed by atoms with van der Waals surface area (Å²) >= 11 is 12.2. The van der Waals surface area contributed by atoms with Gasteiger partial charge in [-0.1, -0.05) is 56.1 Å². The van der Waals surface area contributed by atoms with Crippen molar-refractivity contribution in [1.82, 2.24) is 9.78 Å². The molecule has 29 heavy (non-hydrogen) atoms. The minimum Gasteiger partial charge on any atom is -0.508 e. The van der Waals surface area contributed by atoms with Crippen molar-refractivity contribution in [2.75, 3.05) is 10.6 Å². The van der Waals surface area contributed by atoms with E-state index < -0.39 is 6.03 Å². The Labute approximate surface area is 179 Å². The second-order valence-electron chi connectivity index (χ2n) is 7.68. The highest BCUT2D eigenvalue weighted by atomic mass is 35.5. The van der Waals surface area contributed by atoms with E-state index in [1.165, 1.54) is 0 Å². The van der Waals surface area contributed by atoms with Crippen LogP contribution < -0.4 is 10.6 Å². The summed E-state index contributed by atoms with van der Waals surface area (Å²) in [6.45, 7) is 8.04. The quantitative estimate of drug-likeness (QED) is 0.465. The predicted molar refractivity (Wildman–Crippen MR) is 118 cm³/mol. The number of phenolic OH excluding ortho intramolecular Hbond substituents is 1. The summed E-state index contributed by atoms with van der Waals surface area (Å²) in [5, 5.41) is 20.7. The Balaban J connectivity index is 2.00. The first kappa shape index (κ1) is 21.0. The number of rotatable bonds is 3. The maximum atomic E-state index is 12.7. The summed E-state index contributed by atoms with van der Waals surface area (Å²) in [4.78, 5) is 12.7. The van der Waals surface area contributed by atoms with Gasteiger partial charge in [0.1, 0.15) is 11.6 Å². The fourth-order valence-electron chi connectivity index (χ4n) is 3.03. The minimum atomic E-state index is -0.487. The van der Waals surface area contributed by atoms with Gasteiger partial charge in [0, 0.05) is 17.0 Å². The van der Waals surface area contributed by atoms with Crippen LogP contribution in [0.25, 0.3) is 5.69 Å². The summed E-state index contributed by atoms with van der Waals surface area (Å²) < 4.78 is 1.61. The Morgan fingerprint density at radius 2 is 1.79 bits per heavy atom. The third-order valence-electron chi connectivity index (χ3n) is 4.34. The number of hydrogen-bond acceptors (Lipinski definition) is 3. The van der Waals surface area contributed by atoms with Crippen LogP contribution in [0, 0.1) is 6.92 Å². The zero-order valence-electron chi connectivity index (χ0n) is 16.5. The lowest BCUT2D eigenvalue weighted by Gasteiger charge is -2.16. The second kappa shape index (κ2) is 7.97. The number of urea groups is 1. The van der Waals surface area contributed by atoms with Crippen molar-refractivity contribution in [3.63, 3.8) is 0 Å². The predicted octanol–water partition coefficient (Wildman–Crippen LogP) is 6.13. The van der Waals surface area contributed by atoms with E-state index in [9.17, 15) is 9.90 Å². The van der Waals surface area contributed by atoms with Crippen LogP contribution in [0.5, 0.6) is 5.75 Å². The molecule has 1 aromatic heterocycles. The van der Waals surface area contributed by atoms with Gasteiger partial charge in [0.25, 0.3) is 0 Å². The Bertz CT molecular complexity index is 1070. The molecular formula is C21H22Cl2N4O2. The lowest BCUT2D eigenvalue weighted by atomic mass is 9.90. The fourth-order valence-corrected chi connectivity index (χ4v) is 3.38. The number of nitrogens with one attached hydrogen (secondary N) is 2. The van der Waals surface area contributed by atoms with E-state index in [1.807, 2.05) is 27.7 Å². The molecular weight excluding hydrogens is 411 g/mol. The first-order valence-electron chi connectivity index (χ1n) is 8.99. The van der Waals surface area contributed by atoms with Crippen molar-refractivity contribution < 1.29 is 9.90 Å².